The van der Waals surface area contributed by atoms with Crippen molar-refractivity contribution in [3.05, 3.63) is 54.0 Å². The molecule has 4 heterocycles. The van der Waals surface area contributed by atoms with Crippen molar-refractivity contribution in [1.82, 2.24) is 29.7 Å². The van der Waals surface area contributed by atoms with Crippen molar-refractivity contribution in [3.8, 4) is 5.75 Å². The third-order valence-electron chi connectivity index (χ3n) is 9.55. The summed E-state index contributed by atoms with van der Waals surface area (Å²) in [4.78, 5) is 25.8. The zero-order valence-corrected chi connectivity index (χ0v) is 29.5. The fourth-order valence-corrected chi connectivity index (χ4v) is 7.15. The Hall–Kier alpha value is -4.27. The first-order valence-corrected chi connectivity index (χ1v) is 18.3. The number of sulfonamides is 1. The Morgan fingerprint density at radius 3 is 2.40 bits per heavy atom. The maximum atomic E-state index is 12.7. The molecule has 2 fully saturated rings. The van der Waals surface area contributed by atoms with Gasteiger partial charge in [-0.05, 0) is 57.0 Å². The molecule has 6 rings (SSSR count). The molecule has 0 bridgehead atoms. The molecule has 2 N–H and O–H groups in total. The largest absolute Gasteiger partial charge is 0.494 e. The number of hydrogen-bond acceptors (Lipinski definition) is 12. The second-order valence-corrected chi connectivity index (χ2v) is 14.7. The van der Waals surface area contributed by atoms with Crippen LogP contribution in [0.25, 0.3) is 11.0 Å². The number of aryl methyl sites for hydroxylation is 2. The van der Waals surface area contributed by atoms with E-state index in [-0.39, 0.29) is 0 Å². The van der Waals surface area contributed by atoms with Crippen molar-refractivity contribution in [1.29, 1.82) is 0 Å². The van der Waals surface area contributed by atoms with Crippen molar-refractivity contribution < 1.29 is 13.2 Å². The van der Waals surface area contributed by atoms with E-state index in [4.69, 9.17) is 9.72 Å². The summed E-state index contributed by atoms with van der Waals surface area (Å²) in [6.07, 6.45) is 9.04. The van der Waals surface area contributed by atoms with E-state index in [0.29, 0.717) is 52.4 Å². The zero-order valence-electron chi connectivity index (χ0n) is 28.7. The van der Waals surface area contributed by atoms with Crippen molar-refractivity contribution in [3.63, 3.8) is 0 Å². The first-order valence-electron chi connectivity index (χ1n) is 16.5. The van der Waals surface area contributed by atoms with E-state index < -0.39 is 10.0 Å². The van der Waals surface area contributed by atoms with Gasteiger partial charge in [0.05, 0.1) is 30.3 Å². The molecule has 13 nitrogen and oxygen atoms in total. The van der Waals surface area contributed by atoms with Gasteiger partial charge in [0.1, 0.15) is 22.8 Å². The van der Waals surface area contributed by atoms with Gasteiger partial charge in [0.2, 0.25) is 16.0 Å². The summed E-state index contributed by atoms with van der Waals surface area (Å²) in [5.41, 5.74) is 5.92. The minimum atomic E-state index is -3.60. The number of piperazine rings is 1. The zero-order chi connectivity index (χ0) is 34.0. The molecular weight excluding hydrogens is 629 g/mol. The third-order valence-corrected chi connectivity index (χ3v) is 10.7. The lowest BCUT2D eigenvalue weighted by atomic mass is 10.0. The number of ether oxygens (including phenoxy) is 1. The molecule has 0 radical (unpaired) electrons. The molecule has 2 aromatic heterocycles. The normalized spacial score (nSPS) is 16.7. The van der Waals surface area contributed by atoms with E-state index in [1.807, 2.05) is 6.92 Å². The monoisotopic (exact) mass is 674 g/mol. The van der Waals surface area contributed by atoms with Crippen LogP contribution in [-0.2, 0) is 16.4 Å². The lowest BCUT2D eigenvalue weighted by Gasteiger charge is -2.43. The number of nitrogens with zero attached hydrogens (tertiary/aromatic N) is 8. The average Bonchev–Trinajstić information content (AvgIpc) is 3.08. The Labute approximate surface area is 283 Å². The highest BCUT2D eigenvalue weighted by molar-refractivity contribution is 7.92. The van der Waals surface area contributed by atoms with E-state index in [0.717, 1.165) is 75.2 Å². The molecule has 0 unspecified atom stereocenters. The molecule has 0 atom stereocenters. The van der Waals surface area contributed by atoms with Crippen LogP contribution in [0.1, 0.15) is 30.9 Å². The van der Waals surface area contributed by atoms with E-state index in [1.165, 1.54) is 17.0 Å². The number of piperidine rings is 1. The Morgan fingerprint density at radius 2 is 1.71 bits per heavy atom. The lowest BCUT2D eigenvalue weighted by molar-refractivity contribution is 0.0982. The van der Waals surface area contributed by atoms with Crippen molar-refractivity contribution in [2.75, 3.05) is 86.6 Å². The number of benzene rings is 2. The van der Waals surface area contributed by atoms with Crippen LogP contribution in [0.4, 0.5) is 34.5 Å². The van der Waals surface area contributed by atoms with Gasteiger partial charge >= 0.3 is 0 Å². The molecule has 2 saturated heterocycles. The van der Waals surface area contributed by atoms with Crippen LogP contribution < -0.4 is 24.6 Å². The van der Waals surface area contributed by atoms with Crippen LogP contribution in [0.15, 0.2) is 42.9 Å². The summed E-state index contributed by atoms with van der Waals surface area (Å²) in [6, 6.07) is 8.44. The minimum Gasteiger partial charge on any atom is -0.494 e. The highest BCUT2D eigenvalue weighted by Gasteiger charge is 2.28. The maximum absolute atomic E-state index is 12.7. The molecule has 0 spiro atoms. The Kier molecular flexibility index (Phi) is 9.85. The smallest absolute Gasteiger partial charge is 0.232 e. The van der Waals surface area contributed by atoms with E-state index >= 15 is 0 Å². The Bertz CT molecular complexity index is 1870. The van der Waals surface area contributed by atoms with Gasteiger partial charge < -0.3 is 25.2 Å². The average molecular weight is 675 g/mol. The quantitative estimate of drug-likeness (QED) is 0.247. The van der Waals surface area contributed by atoms with E-state index in [1.54, 1.807) is 37.8 Å². The topological polar surface area (TPSA) is 132 Å². The van der Waals surface area contributed by atoms with Crippen LogP contribution in [0, 0.1) is 6.92 Å². The summed E-state index contributed by atoms with van der Waals surface area (Å²) in [5, 5.41) is 6.75. The van der Waals surface area contributed by atoms with Crippen LogP contribution in [0.2, 0.25) is 0 Å². The van der Waals surface area contributed by atoms with Gasteiger partial charge in [-0.3, -0.25) is 19.2 Å². The number of rotatable bonds is 10. The molecule has 0 saturated carbocycles. The molecule has 0 amide bonds. The summed E-state index contributed by atoms with van der Waals surface area (Å²) >= 11 is 0. The van der Waals surface area contributed by atoms with E-state index in [2.05, 4.69) is 66.4 Å². The number of aromatic nitrogens is 4. The summed E-state index contributed by atoms with van der Waals surface area (Å²) < 4.78 is 32.4. The molecule has 14 heteroatoms. The van der Waals surface area contributed by atoms with Gasteiger partial charge in [0, 0.05) is 88.3 Å². The Balaban J connectivity index is 1.24. The predicted octanol–water partition coefficient (Wildman–Crippen LogP) is 4.40. The second-order valence-electron chi connectivity index (χ2n) is 12.7. The SMILES string of the molecule is CCc1cnc(Nc2cc(C)c(N3CCC(N4CCN(C)CC4)CC3)cc2OC)nc1Nc1ccc2nccnc2c1N(C)S(C)(=O)=O. The van der Waals surface area contributed by atoms with Gasteiger partial charge in [0.25, 0.3) is 0 Å². The standard InChI is InChI=1S/C34H46N10O3S/c1-7-24-22-37-34(40-33(24)38-27-9-8-26-31(36-13-12-35-26)32(27)42(4)48(6,45)46)39-28-20-23(2)29(21-30(28)47-5)44-14-10-25(11-15-44)43-18-16-41(3)17-19-43/h8-9,12-13,20-22,25H,7,10-11,14-19H2,1-6H3,(H2,37,38,39,40). The fraction of sp³-hybridized carbons (Fsp3) is 0.471. The summed E-state index contributed by atoms with van der Waals surface area (Å²) in [5.74, 6) is 1.64. The molecule has 2 aliphatic heterocycles. The van der Waals surface area contributed by atoms with E-state index in [9.17, 15) is 8.42 Å². The minimum absolute atomic E-state index is 0.381. The molecule has 0 aliphatic carbocycles. The van der Waals surface area contributed by atoms with Crippen LogP contribution in [0.3, 0.4) is 0 Å². The number of anilines is 6. The number of fused-ring (bicyclic) bond motifs is 1. The highest BCUT2D eigenvalue weighted by atomic mass is 32.2. The molecule has 2 aliphatic rings. The first kappa shape index (κ1) is 33.6. The molecule has 4 aromatic rings. The van der Waals surface area contributed by atoms with Crippen molar-refractivity contribution in [2.24, 2.45) is 0 Å². The van der Waals surface area contributed by atoms with Crippen LogP contribution in [0.5, 0.6) is 5.75 Å². The Morgan fingerprint density at radius 1 is 0.979 bits per heavy atom. The van der Waals surface area contributed by atoms with Gasteiger partial charge in [-0.2, -0.15) is 4.98 Å². The van der Waals surface area contributed by atoms with Crippen LogP contribution in [-0.4, -0.2) is 111 Å². The molecule has 256 valence electrons. The number of nitrogens with one attached hydrogen (secondary N) is 2. The van der Waals surface area contributed by atoms with Gasteiger partial charge in [-0.1, -0.05) is 6.92 Å². The predicted molar refractivity (Wildman–Crippen MR) is 193 cm³/mol. The molecule has 48 heavy (non-hydrogen) atoms. The highest BCUT2D eigenvalue weighted by Crippen LogP contribution is 2.38. The van der Waals surface area contributed by atoms with Gasteiger partial charge in [-0.25, -0.2) is 13.4 Å². The first-order chi connectivity index (χ1) is 23.0. The fourth-order valence-electron chi connectivity index (χ4n) is 6.63. The lowest BCUT2D eigenvalue weighted by Crippen LogP contribution is -2.52. The summed E-state index contributed by atoms with van der Waals surface area (Å²) in [6.45, 7) is 10.8. The maximum Gasteiger partial charge on any atom is 0.232 e. The van der Waals surface area contributed by atoms with Gasteiger partial charge in [0.15, 0.2) is 0 Å². The van der Waals surface area contributed by atoms with Gasteiger partial charge in [-0.15, -0.1) is 0 Å². The molecular formula is C34H46N10O3S. The summed E-state index contributed by atoms with van der Waals surface area (Å²) in [7, 11) is 1.79. The van der Waals surface area contributed by atoms with Crippen molar-refractivity contribution in [2.45, 2.75) is 39.2 Å². The van der Waals surface area contributed by atoms with Crippen LogP contribution >= 0.6 is 0 Å². The molecule has 2 aromatic carbocycles. The second kappa shape index (κ2) is 14.1. The van der Waals surface area contributed by atoms with Crippen molar-refractivity contribution >= 4 is 55.6 Å². The number of likely N-dealkylation sites (N-methyl/N-ethyl adjacent to an activating group) is 1. The third kappa shape index (κ3) is 7.10. The number of hydrogen-bond donors (Lipinski definition) is 2. The number of methoxy groups -OCH3 is 1.